The van der Waals surface area contributed by atoms with Crippen LogP contribution in [-0.2, 0) is 10.0 Å². The first kappa shape index (κ1) is 15.0. The lowest BCUT2D eigenvalue weighted by Crippen LogP contribution is -2.14. The van der Waals surface area contributed by atoms with E-state index in [-0.39, 0.29) is 23.4 Å². The van der Waals surface area contributed by atoms with E-state index < -0.39 is 10.0 Å². The summed E-state index contributed by atoms with van der Waals surface area (Å²) < 4.78 is 31.9. The molecule has 0 fully saturated rings. The molecule has 0 bridgehead atoms. The Morgan fingerprint density at radius 3 is 2.71 bits per heavy atom. The number of aliphatic hydroxyl groups excluding tert-OH is 1. The molecule has 1 aromatic carbocycles. The minimum absolute atomic E-state index is 0.0584. The molecular formula is C13H13N3O4S. The summed E-state index contributed by atoms with van der Waals surface area (Å²) in [6, 6.07) is 4.53. The second-order valence-corrected chi connectivity index (χ2v) is 5.82. The molecule has 0 aliphatic rings. The topological polar surface area (TPSA) is 105 Å². The van der Waals surface area contributed by atoms with Crippen LogP contribution in [0.25, 0.3) is 0 Å². The normalized spacial score (nSPS) is 10.8. The molecule has 7 nitrogen and oxygen atoms in total. The van der Waals surface area contributed by atoms with Gasteiger partial charge in [0.25, 0.3) is 10.0 Å². The van der Waals surface area contributed by atoms with Crippen molar-refractivity contribution < 1.29 is 17.9 Å². The number of aryl methyl sites for hydroxylation is 2. The van der Waals surface area contributed by atoms with Crippen LogP contribution in [-0.4, -0.2) is 30.3 Å². The van der Waals surface area contributed by atoms with Gasteiger partial charge >= 0.3 is 6.01 Å². The average Bonchev–Trinajstić information content (AvgIpc) is 2.82. The first-order valence-corrected chi connectivity index (χ1v) is 7.44. The molecule has 0 saturated heterocycles. The van der Waals surface area contributed by atoms with E-state index in [1.165, 1.54) is 6.07 Å². The Labute approximate surface area is 122 Å². The van der Waals surface area contributed by atoms with E-state index in [2.05, 4.69) is 26.8 Å². The maximum atomic E-state index is 12.3. The molecular weight excluding hydrogens is 294 g/mol. The summed E-state index contributed by atoms with van der Waals surface area (Å²) in [7, 11) is -3.85. The van der Waals surface area contributed by atoms with Crippen LogP contribution < -0.4 is 4.72 Å². The van der Waals surface area contributed by atoms with E-state index in [0.717, 1.165) is 0 Å². The van der Waals surface area contributed by atoms with Gasteiger partial charge in [0.2, 0.25) is 5.89 Å². The van der Waals surface area contributed by atoms with Gasteiger partial charge in [0.05, 0.1) is 4.90 Å². The lowest BCUT2D eigenvalue weighted by atomic mass is 10.1. The minimum Gasteiger partial charge on any atom is -0.408 e. The van der Waals surface area contributed by atoms with Crippen LogP contribution in [0.2, 0.25) is 0 Å². The van der Waals surface area contributed by atoms with Crippen LogP contribution in [0.3, 0.4) is 0 Å². The Hall–Kier alpha value is -2.37. The van der Waals surface area contributed by atoms with Gasteiger partial charge in [-0.3, -0.25) is 0 Å². The Morgan fingerprint density at radius 2 is 2.10 bits per heavy atom. The van der Waals surface area contributed by atoms with Crippen LogP contribution >= 0.6 is 0 Å². The summed E-state index contributed by atoms with van der Waals surface area (Å²) in [5.41, 5.74) is 1.03. The third-order valence-corrected chi connectivity index (χ3v) is 4.00. The number of nitrogens with zero attached hydrogens (tertiary/aromatic N) is 2. The molecule has 0 atom stereocenters. The van der Waals surface area contributed by atoms with Crippen LogP contribution in [0.5, 0.6) is 0 Å². The molecule has 0 aliphatic carbocycles. The maximum absolute atomic E-state index is 12.3. The zero-order valence-corrected chi connectivity index (χ0v) is 12.2. The molecule has 2 aromatic rings. The molecule has 0 radical (unpaired) electrons. The third-order valence-electron chi connectivity index (χ3n) is 2.54. The number of benzene rings is 1. The summed E-state index contributed by atoms with van der Waals surface area (Å²) in [4.78, 5) is 0.0584. The zero-order chi connectivity index (χ0) is 15.5. The lowest BCUT2D eigenvalue weighted by Gasteiger charge is -2.07. The molecule has 0 aliphatic heterocycles. The van der Waals surface area contributed by atoms with Crippen LogP contribution in [0.15, 0.2) is 27.5 Å². The van der Waals surface area contributed by atoms with Crippen molar-refractivity contribution in [2.45, 2.75) is 18.7 Å². The van der Waals surface area contributed by atoms with Crippen molar-refractivity contribution in [3.05, 3.63) is 35.2 Å². The van der Waals surface area contributed by atoms with Gasteiger partial charge in [0.1, 0.15) is 6.61 Å². The first-order chi connectivity index (χ1) is 9.92. The number of sulfonamides is 1. The zero-order valence-electron chi connectivity index (χ0n) is 11.4. The number of nitrogens with one attached hydrogen (secondary N) is 1. The number of hydrogen-bond donors (Lipinski definition) is 2. The molecule has 2 rings (SSSR count). The van der Waals surface area contributed by atoms with Crippen LogP contribution in [0.4, 0.5) is 6.01 Å². The summed E-state index contributed by atoms with van der Waals surface area (Å²) in [5.74, 6) is 5.38. The van der Waals surface area contributed by atoms with Crippen molar-refractivity contribution in [2.24, 2.45) is 0 Å². The summed E-state index contributed by atoms with van der Waals surface area (Å²) in [6.07, 6.45) is 0. The van der Waals surface area contributed by atoms with E-state index in [0.29, 0.717) is 11.1 Å². The molecule has 8 heteroatoms. The summed E-state index contributed by atoms with van der Waals surface area (Å²) in [5, 5.41) is 15.8. The minimum atomic E-state index is -3.85. The van der Waals surface area contributed by atoms with Gasteiger partial charge in [0, 0.05) is 12.5 Å². The number of anilines is 1. The highest BCUT2D eigenvalue weighted by Gasteiger charge is 2.20. The molecule has 0 amide bonds. The number of hydrogen-bond acceptors (Lipinski definition) is 6. The van der Waals surface area contributed by atoms with Crippen LogP contribution in [0, 0.1) is 25.7 Å². The number of aliphatic hydroxyl groups is 1. The van der Waals surface area contributed by atoms with E-state index in [1.54, 1.807) is 26.0 Å². The highest BCUT2D eigenvalue weighted by molar-refractivity contribution is 7.92. The van der Waals surface area contributed by atoms with E-state index >= 15 is 0 Å². The molecule has 0 spiro atoms. The Balaban J connectivity index is 2.39. The van der Waals surface area contributed by atoms with Crippen LogP contribution in [0.1, 0.15) is 17.0 Å². The average molecular weight is 307 g/mol. The second kappa shape index (κ2) is 5.95. The van der Waals surface area contributed by atoms with Crippen molar-refractivity contribution in [3.8, 4) is 11.8 Å². The lowest BCUT2D eigenvalue weighted by molar-refractivity contribution is 0.350. The summed E-state index contributed by atoms with van der Waals surface area (Å²) in [6.45, 7) is 2.92. The smallest absolute Gasteiger partial charge is 0.329 e. The van der Waals surface area contributed by atoms with Crippen molar-refractivity contribution in [3.63, 3.8) is 0 Å². The monoisotopic (exact) mass is 307 g/mol. The standard InChI is InChI=1S/C13H13N3O4S/c1-9-5-6-11(4-3-7-17)8-12(9)21(18,19)16-13-15-14-10(2)20-13/h5-6,8,17H,7H2,1-2H3,(H,15,16). The van der Waals surface area contributed by atoms with Crippen molar-refractivity contribution in [2.75, 3.05) is 11.3 Å². The Kier molecular flexibility index (Phi) is 4.26. The number of aromatic nitrogens is 2. The largest absolute Gasteiger partial charge is 0.408 e. The van der Waals surface area contributed by atoms with E-state index in [4.69, 9.17) is 9.52 Å². The van der Waals surface area contributed by atoms with Crippen molar-refractivity contribution in [1.82, 2.24) is 10.2 Å². The molecule has 0 unspecified atom stereocenters. The van der Waals surface area contributed by atoms with Gasteiger partial charge in [-0.25, -0.2) is 13.1 Å². The fourth-order valence-corrected chi connectivity index (χ4v) is 2.81. The fraction of sp³-hybridized carbons (Fsp3) is 0.231. The van der Waals surface area contributed by atoms with Crippen molar-refractivity contribution in [1.29, 1.82) is 0 Å². The maximum Gasteiger partial charge on any atom is 0.329 e. The van der Waals surface area contributed by atoms with Crippen molar-refractivity contribution >= 4 is 16.0 Å². The van der Waals surface area contributed by atoms with Gasteiger partial charge in [-0.05, 0) is 24.6 Å². The molecule has 1 aromatic heterocycles. The van der Waals surface area contributed by atoms with E-state index in [9.17, 15) is 8.42 Å². The van der Waals surface area contributed by atoms with Gasteiger partial charge in [-0.2, -0.15) is 0 Å². The van der Waals surface area contributed by atoms with Gasteiger partial charge in [0.15, 0.2) is 0 Å². The Morgan fingerprint density at radius 1 is 1.33 bits per heavy atom. The van der Waals surface area contributed by atoms with Gasteiger partial charge in [-0.1, -0.05) is 23.0 Å². The quantitative estimate of drug-likeness (QED) is 0.814. The highest BCUT2D eigenvalue weighted by atomic mass is 32.2. The summed E-state index contributed by atoms with van der Waals surface area (Å²) >= 11 is 0. The fourth-order valence-electron chi connectivity index (χ4n) is 1.62. The van der Waals surface area contributed by atoms with E-state index in [1.807, 2.05) is 0 Å². The van der Waals surface area contributed by atoms with Gasteiger partial charge in [-0.15, -0.1) is 5.10 Å². The Bertz CT molecular complexity index is 815. The third kappa shape index (κ3) is 3.59. The molecule has 1 heterocycles. The SMILES string of the molecule is Cc1nnc(NS(=O)(=O)c2cc(C#CCO)ccc2C)o1. The first-order valence-electron chi connectivity index (χ1n) is 5.95. The van der Waals surface area contributed by atoms with Gasteiger partial charge < -0.3 is 9.52 Å². The highest BCUT2D eigenvalue weighted by Crippen LogP contribution is 2.20. The number of rotatable bonds is 3. The second-order valence-electron chi connectivity index (χ2n) is 4.17. The predicted molar refractivity (Wildman–Crippen MR) is 75.0 cm³/mol. The molecule has 0 saturated carbocycles. The molecule has 21 heavy (non-hydrogen) atoms. The molecule has 110 valence electrons. The molecule has 2 N–H and O–H groups in total. The predicted octanol–water partition coefficient (Wildman–Crippen LogP) is 0.831.